The predicted molar refractivity (Wildman–Crippen MR) is 90.5 cm³/mol. The molecule has 1 N–H and O–H groups in total. The van der Waals surface area contributed by atoms with Gasteiger partial charge in [0, 0.05) is 24.2 Å². The Kier molecular flexibility index (Phi) is 4.53. The molecule has 1 aliphatic rings. The molecule has 0 radical (unpaired) electrons. The molecule has 1 fully saturated rings. The van der Waals surface area contributed by atoms with Crippen molar-refractivity contribution in [3.8, 4) is 0 Å². The van der Waals surface area contributed by atoms with Gasteiger partial charge in [-0.3, -0.25) is 9.59 Å². The molecule has 2 aromatic carbocycles. The Labute approximate surface area is 144 Å². The highest BCUT2D eigenvalue weighted by molar-refractivity contribution is 5.99. The van der Waals surface area contributed by atoms with Gasteiger partial charge in [0.1, 0.15) is 0 Å². The first-order chi connectivity index (χ1) is 11.8. The zero-order chi connectivity index (χ0) is 18.1. The first-order valence-electron chi connectivity index (χ1n) is 7.98. The van der Waals surface area contributed by atoms with Gasteiger partial charge in [-0.1, -0.05) is 6.07 Å². The van der Waals surface area contributed by atoms with E-state index in [1.165, 1.54) is 6.07 Å². The first kappa shape index (κ1) is 17.1. The van der Waals surface area contributed by atoms with E-state index in [0.29, 0.717) is 6.54 Å². The van der Waals surface area contributed by atoms with Crippen molar-refractivity contribution in [2.24, 2.45) is 0 Å². The Morgan fingerprint density at radius 2 is 1.84 bits per heavy atom. The molecule has 0 bridgehead atoms. The van der Waals surface area contributed by atoms with Crippen LogP contribution in [0.2, 0.25) is 0 Å². The molecule has 130 valence electrons. The molecule has 1 atom stereocenters. The van der Waals surface area contributed by atoms with Gasteiger partial charge in [-0.2, -0.15) is 0 Å². The van der Waals surface area contributed by atoms with E-state index < -0.39 is 17.5 Å². The highest BCUT2D eigenvalue weighted by Crippen LogP contribution is 2.24. The summed E-state index contributed by atoms with van der Waals surface area (Å²) in [6, 6.07) is 8.35. The van der Waals surface area contributed by atoms with E-state index in [9.17, 15) is 18.4 Å². The Bertz CT molecular complexity index is 851. The number of carbonyl (C=O) groups is 2. The minimum atomic E-state index is -1.08. The van der Waals surface area contributed by atoms with Gasteiger partial charge < -0.3 is 10.2 Å². The third-order valence-corrected chi connectivity index (χ3v) is 4.44. The van der Waals surface area contributed by atoms with Gasteiger partial charge >= 0.3 is 0 Å². The zero-order valence-corrected chi connectivity index (χ0v) is 14.0. The van der Waals surface area contributed by atoms with Crippen molar-refractivity contribution in [2.75, 3.05) is 11.4 Å². The van der Waals surface area contributed by atoms with E-state index in [1.807, 2.05) is 32.0 Å². The van der Waals surface area contributed by atoms with E-state index in [4.69, 9.17) is 0 Å². The second-order valence-corrected chi connectivity index (χ2v) is 6.28. The number of nitrogens with zero attached hydrogens (tertiary/aromatic N) is 1. The van der Waals surface area contributed by atoms with Gasteiger partial charge in [0.15, 0.2) is 11.6 Å². The maximum absolute atomic E-state index is 13.3. The fourth-order valence-electron chi connectivity index (χ4n) is 2.85. The fraction of sp³-hybridized carbons (Fsp3) is 0.263. The van der Waals surface area contributed by atoms with Crippen LogP contribution in [0.5, 0.6) is 0 Å². The third kappa shape index (κ3) is 3.52. The summed E-state index contributed by atoms with van der Waals surface area (Å²) in [6.07, 6.45) is 0.169. The maximum Gasteiger partial charge on any atom is 0.251 e. The number of carbonyl (C=O) groups excluding carboxylic acids is 2. The number of anilines is 1. The minimum absolute atomic E-state index is 0.0241. The number of aryl methyl sites for hydroxylation is 2. The monoisotopic (exact) mass is 344 g/mol. The number of halogens is 2. The molecule has 1 saturated heterocycles. The number of rotatable bonds is 3. The van der Waals surface area contributed by atoms with E-state index in [0.717, 1.165) is 28.9 Å². The summed E-state index contributed by atoms with van der Waals surface area (Å²) in [6.45, 7) is 4.31. The van der Waals surface area contributed by atoms with Crippen molar-refractivity contribution >= 4 is 17.5 Å². The molecular weight excluding hydrogens is 326 g/mol. The van der Waals surface area contributed by atoms with Crippen molar-refractivity contribution in [1.82, 2.24) is 5.32 Å². The average Bonchev–Trinajstić information content (AvgIpc) is 2.93. The molecule has 0 aliphatic carbocycles. The highest BCUT2D eigenvalue weighted by Gasteiger charge is 2.32. The summed E-state index contributed by atoms with van der Waals surface area (Å²) >= 11 is 0. The maximum atomic E-state index is 13.3. The van der Waals surface area contributed by atoms with Crippen LogP contribution in [-0.2, 0) is 4.79 Å². The SMILES string of the molecule is Cc1ccc(N2C[C@@H](NC(=O)c3ccc(F)c(F)c3)CC2=O)cc1C. The van der Waals surface area contributed by atoms with Crippen LogP contribution >= 0.6 is 0 Å². The Balaban J connectivity index is 1.70. The molecule has 4 nitrogen and oxygen atoms in total. The first-order valence-corrected chi connectivity index (χ1v) is 7.98. The Hall–Kier alpha value is -2.76. The van der Waals surface area contributed by atoms with E-state index in [2.05, 4.69) is 5.32 Å². The van der Waals surface area contributed by atoms with Crippen molar-refractivity contribution in [2.45, 2.75) is 26.3 Å². The second-order valence-electron chi connectivity index (χ2n) is 6.28. The van der Waals surface area contributed by atoms with Crippen LogP contribution in [0.4, 0.5) is 14.5 Å². The number of hydrogen-bond acceptors (Lipinski definition) is 2. The molecule has 6 heteroatoms. The lowest BCUT2D eigenvalue weighted by Gasteiger charge is -2.18. The van der Waals surface area contributed by atoms with E-state index in [1.54, 1.807) is 4.90 Å². The molecular formula is C19H18F2N2O2. The lowest BCUT2D eigenvalue weighted by Crippen LogP contribution is -2.37. The van der Waals surface area contributed by atoms with Gasteiger partial charge in [0.25, 0.3) is 5.91 Å². The topological polar surface area (TPSA) is 49.4 Å². The molecule has 1 aliphatic heterocycles. The zero-order valence-electron chi connectivity index (χ0n) is 14.0. The quantitative estimate of drug-likeness (QED) is 0.930. The largest absolute Gasteiger partial charge is 0.347 e. The molecule has 0 aromatic heterocycles. The standard InChI is InChI=1S/C19H18F2N2O2/c1-11-3-5-15(7-12(11)2)23-10-14(9-18(23)24)22-19(25)13-4-6-16(20)17(21)8-13/h3-8,14H,9-10H2,1-2H3,(H,22,25)/t14-/m0/s1. The van der Waals surface area contributed by atoms with Gasteiger partial charge in [0.2, 0.25) is 5.91 Å². The van der Waals surface area contributed by atoms with Crippen molar-refractivity contribution in [3.05, 3.63) is 64.7 Å². The van der Waals surface area contributed by atoms with E-state index in [-0.39, 0.29) is 23.9 Å². The van der Waals surface area contributed by atoms with Gasteiger partial charge in [-0.05, 0) is 55.3 Å². The van der Waals surface area contributed by atoms with Crippen LogP contribution in [-0.4, -0.2) is 24.4 Å². The number of hydrogen-bond donors (Lipinski definition) is 1. The number of amides is 2. The lowest BCUT2D eigenvalue weighted by molar-refractivity contribution is -0.117. The normalized spacial score (nSPS) is 17.0. The van der Waals surface area contributed by atoms with Crippen LogP contribution in [0.1, 0.15) is 27.9 Å². The number of benzene rings is 2. The lowest BCUT2D eigenvalue weighted by atomic mass is 10.1. The fourth-order valence-corrected chi connectivity index (χ4v) is 2.85. The Morgan fingerprint density at radius 1 is 1.08 bits per heavy atom. The highest BCUT2D eigenvalue weighted by atomic mass is 19.2. The van der Waals surface area contributed by atoms with Crippen LogP contribution < -0.4 is 10.2 Å². The van der Waals surface area contributed by atoms with Crippen molar-refractivity contribution < 1.29 is 18.4 Å². The molecule has 2 amide bonds. The molecule has 0 saturated carbocycles. The summed E-state index contributed by atoms with van der Waals surface area (Å²) in [7, 11) is 0. The van der Waals surface area contributed by atoms with Crippen molar-refractivity contribution in [3.63, 3.8) is 0 Å². The average molecular weight is 344 g/mol. The molecule has 25 heavy (non-hydrogen) atoms. The van der Waals surface area contributed by atoms with Crippen LogP contribution in [0.15, 0.2) is 36.4 Å². The minimum Gasteiger partial charge on any atom is -0.347 e. The smallest absolute Gasteiger partial charge is 0.251 e. The van der Waals surface area contributed by atoms with Gasteiger partial charge in [-0.25, -0.2) is 8.78 Å². The summed E-state index contributed by atoms with van der Waals surface area (Å²) in [4.78, 5) is 26.1. The number of nitrogens with one attached hydrogen (secondary N) is 1. The second kappa shape index (κ2) is 6.63. The molecule has 1 heterocycles. The molecule has 0 unspecified atom stereocenters. The molecule has 2 aromatic rings. The predicted octanol–water partition coefficient (Wildman–Crippen LogP) is 3.12. The van der Waals surface area contributed by atoms with Crippen molar-refractivity contribution in [1.29, 1.82) is 0 Å². The molecule has 3 rings (SSSR count). The summed E-state index contributed by atoms with van der Waals surface area (Å²) in [5, 5.41) is 2.71. The van der Waals surface area contributed by atoms with E-state index >= 15 is 0 Å². The van der Waals surface area contributed by atoms with Crippen LogP contribution in [0.25, 0.3) is 0 Å². The van der Waals surface area contributed by atoms with Crippen LogP contribution in [0.3, 0.4) is 0 Å². The molecule has 0 spiro atoms. The third-order valence-electron chi connectivity index (χ3n) is 4.44. The summed E-state index contributed by atoms with van der Waals surface area (Å²) in [5.41, 5.74) is 3.03. The van der Waals surface area contributed by atoms with Crippen LogP contribution in [0, 0.1) is 25.5 Å². The van der Waals surface area contributed by atoms with Gasteiger partial charge in [-0.15, -0.1) is 0 Å². The Morgan fingerprint density at radius 3 is 2.52 bits per heavy atom. The van der Waals surface area contributed by atoms with Gasteiger partial charge in [0.05, 0.1) is 6.04 Å². The summed E-state index contributed by atoms with van der Waals surface area (Å²) in [5.74, 6) is -2.70. The summed E-state index contributed by atoms with van der Waals surface area (Å²) < 4.78 is 26.2.